The summed E-state index contributed by atoms with van der Waals surface area (Å²) in [4.78, 5) is 40.0. The topological polar surface area (TPSA) is 75.7 Å². The Morgan fingerprint density at radius 2 is 1.73 bits per heavy atom. The minimum Gasteiger partial charge on any atom is -0.497 e. The number of fused-ring (bicyclic) bond motifs is 1. The Morgan fingerprint density at radius 3 is 2.39 bits per heavy atom. The number of para-hydroxylation sites is 1. The Balaban J connectivity index is 1.53. The van der Waals surface area contributed by atoms with Gasteiger partial charge >= 0.3 is 0 Å². The summed E-state index contributed by atoms with van der Waals surface area (Å²) in [5.41, 5.74) is 2.91. The lowest BCUT2D eigenvalue weighted by atomic mass is 10.1. The maximum absolute atomic E-state index is 13.3. The van der Waals surface area contributed by atoms with Crippen LogP contribution in [0.5, 0.6) is 5.75 Å². The van der Waals surface area contributed by atoms with Crippen molar-refractivity contribution in [3.05, 3.63) is 83.9 Å². The number of anilines is 2. The standard InChI is InChI=1S/C26H24N2O4S/c1-17(29)18-7-11-20(12-8-18)27-25(30)16-28-22-5-3-4-6-23(22)33-24(15-26(28)31)19-9-13-21(32-2)14-10-19/h3-14,24H,15-16H2,1-2H3,(H,27,30). The van der Waals surface area contributed by atoms with Gasteiger partial charge in [-0.2, -0.15) is 0 Å². The highest BCUT2D eigenvalue weighted by Crippen LogP contribution is 2.45. The van der Waals surface area contributed by atoms with E-state index in [0.717, 1.165) is 21.9 Å². The monoisotopic (exact) mass is 460 g/mol. The number of thioether (sulfide) groups is 1. The summed E-state index contributed by atoms with van der Waals surface area (Å²) < 4.78 is 5.24. The van der Waals surface area contributed by atoms with E-state index in [1.165, 1.54) is 6.92 Å². The van der Waals surface area contributed by atoms with Crippen molar-refractivity contribution in [1.29, 1.82) is 0 Å². The molecular formula is C26H24N2O4S. The number of methoxy groups -OCH3 is 1. The van der Waals surface area contributed by atoms with Gasteiger partial charge in [-0.05, 0) is 61.0 Å². The van der Waals surface area contributed by atoms with E-state index in [-0.39, 0.29) is 35.8 Å². The molecule has 0 aromatic heterocycles. The number of nitrogens with one attached hydrogen (secondary N) is 1. The number of hydrogen-bond donors (Lipinski definition) is 1. The van der Waals surface area contributed by atoms with Crippen molar-refractivity contribution in [2.45, 2.75) is 23.5 Å². The van der Waals surface area contributed by atoms with Gasteiger partial charge in [0.15, 0.2) is 5.78 Å². The molecular weight excluding hydrogens is 436 g/mol. The molecule has 7 heteroatoms. The highest BCUT2D eigenvalue weighted by molar-refractivity contribution is 7.99. The second-order valence-corrected chi connectivity index (χ2v) is 8.96. The van der Waals surface area contributed by atoms with Gasteiger partial charge in [0, 0.05) is 27.8 Å². The van der Waals surface area contributed by atoms with Gasteiger partial charge in [0.2, 0.25) is 11.8 Å². The fraction of sp³-hybridized carbons (Fsp3) is 0.192. The zero-order valence-corrected chi connectivity index (χ0v) is 19.2. The molecule has 6 nitrogen and oxygen atoms in total. The number of carbonyl (C=O) groups excluding carboxylic acids is 3. The molecule has 4 rings (SSSR count). The summed E-state index contributed by atoms with van der Waals surface area (Å²) in [7, 11) is 1.62. The van der Waals surface area contributed by atoms with Crippen LogP contribution in [0.4, 0.5) is 11.4 Å². The van der Waals surface area contributed by atoms with Crippen LogP contribution in [-0.2, 0) is 9.59 Å². The van der Waals surface area contributed by atoms with Gasteiger partial charge in [-0.3, -0.25) is 14.4 Å². The first kappa shape index (κ1) is 22.6. The van der Waals surface area contributed by atoms with E-state index in [9.17, 15) is 14.4 Å². The van der Waals surface area contributed by atoms with Gasteiger partial charge in [-0.15, -0.1) is 11.8 Å². The highest BCUT2D eigenvalue weighted by atomic mass is 32.2. The molecule has 1 atom stereocenters. The Labute approximate surface area is 196 Å². The summed E-state index contributed by atoms with van der Waals surface area (Å²) in [6.45, 7) is 1.40. The zero-order chi connectivity index (χ0) is 23.4. The van der Waals surface area contributed by atoms with Crippen molar-refractivity contribution < 1.29 is 19.1 Å². The number of carbonyl (C=O) groups is 3. The largest absolute Gasteiger partial charge is 0.497 e. The summed E-state index contributed by atoms with van der Waals surface area (Å²) in [6.07, 6.45) is 0.270. The second kappa shape index (κ2) is 9.92. The minimum atomic E-state index is -0.304. The molecule has 1 N–H and O–H groups in total. The van der Waals surface area contributed by atoms with Gasteiger partial charge in [-0.25, -0.2) is 0 Å². The molecule has 0 radical (unpaired) electrons. The van der Waals surface area contributed by atoms with E-state index >= 15 is 0 Å². The van der Waals surface area contributed by atoms with E-state index in [1.807, 2.05) is 48.5 Å². The van der Waals surface area contributed by atoms with Crippen molar-refractivity contribution in [2.75, 3.05) is 23.9 Å². The van der Waals surface area contributed by atoms with Crippen molar-refractivity contribution in [2.24, 2.45) is 0 Å². The average Bonchev–Trinajstić information content (AvgIpc) is 2.96. The van der Waals surface area contributed by atoms with Crippen LogP contribution in [0, 0.1) is 0 Å². The molecule has 0 bridgehead atoms. The molecule has 1 aliphatic heterocycles. The normalized spacial score (nSPS) is 15.4. The molecule has 0 saturated carbocycles. The molecule has 168 valence electrons. The quantitative estimate of drug-likeness (QED) is 0.518. The molecule has 0 aliphatic carbocycles. The number of benzene rings is 3. The van der Waals surface area contributed by atoms with Crippen molar-refractivity contribution in [1.82, 2.24) is 0 Å². The second-order valence-electron chi connectivity index (χ2n) is 7.71. The maximum Gasteiger partial charge on any atom is 0.244 e. The van der Waals surface area contributed by atoms with E-state index in [0.29, 0.717) is 11.3 Å². The molecule has 1 aliphatic rings. The lowest BCUT2D eigenvalue weighted by Crippen LogP contribution is -2.38. The van der Waals surface area contributed by atoms with E-state index in [4.69, 9.17) is 4.74 Å². The van der Waals surface area contributed by atoms with Crippen molar-refractivity contribution in [3.8, 4) is 5.75 Å². The molecule has 33 heavy (non-hydrogen) atoms. The Morgan fingerprint density at radius 1 is 1.03 bits per heavy atom. The number of Topliss-reactive ketones (excluding diaryl/α,β-unsaturated/α-hetero) is 1. The van der Waals surface area contributed by atoms with E-state index < -0.39 is 0 Å². The fourth-order valence-electron chi connectivity index (χ4n) is 3.69. The third-order valence-electron chi connectivity index (χ3n) is 5.45. The number of amides is 2. The summed E-state index contributed by atoms with van der Waals surface area (Å²) in [6, 6.07) is 22.1. The number of hydrogen-bond acceptors (Lipinski definition) is 5. The molecule has 3 aromatic rings. The molecule has 1 heterocycles. The highest BCUT2D eigenvalue weighted by Gasteiger charge is 2.30. The molecule has 1 unspecified atom stereocenters. The summed E-state index contributed by atoms with van der Waals surface area (Å²) >= 11 is 1.62. The predicted molar refractivity (Wildman–Crippen MR) is 130 cm³/mol. The lowest BCUT2D eigenvalue weighted by molar-refractivity contribution is -0.121. The molecule has 0 saturated heterocycles. The number of rotatable bonds is 6. The lowest BCUT2D eigenvalue weighted by Gasteiger charge is -2.22. The van der Waals surface area contributed by atoms with Gasteiger partial charge in [-0.1, -0.05) is 24.3 Å². The first-order chi connectivity index (χ1) is 15.9. The van der Waals surface area contributed by atoms with E-state index in [2.05, 4.69) is 5.32 Å². The molecule has 0 fully saturated rings. The Hall–Kier alpha value is -3.58. The van der Waals surface area contributed by atoms with Gasteiger partial charge in [0.05, 0.1) is 12.8 Å². The van der Waals surface area contributed by atoms with Crippen LogP contribution in [0.25, 0.3) is 0 Å². The van der Waals surface area contributed by atoms with Crippen LogP contribution >= 0.6 is 11.8 Å². The third-order valence-corrected chi connectivity index (χ3v) is 6.77. The molecule has 2 amide bonds. The predicted octanol–water partition coefficient (Wildman–Crippen LogP) is 5.11. The van der Waals surface area contributed by atoms with Gasteiger partial charge in [0.25, 0.3) is 0 Å². The van der Waals surface area contributed by atoms with Crippen LogP contribution in [0.15, 0.2) is 77.7 Å². The Bertz CT molecular complexity index is 1180. The smallest absolute Gasteiger partial charge is 0.244 e. The first-order valence-corrected chi connectivity index (χ1v) is 11.4. The minimum absolute atomic E-state index is 0.0384. The van der Waals surface area contributed by atoms with Crippen LogP contribution in [0.1, 0.15) is 34.5 Å². The van der Waals surface area contributed by atoms with Gasteiger partial charge < -0.3 is 15.0 Å². The maximum atomic E-state index is 13.3. The van der Waals surface area contributed by atoms with Crippen molar-refractivity contribution >= 4 is 40.7 Å². The van der Waals surface area contributed by atoms with Crippen LogP contribution in [0.3, 0.4) is 0 Å². The molecule has 0 spiro atoms. The summed E-state index contributed by atoms with van der Waals surface area (Å²) in [5, 5.41) is 2.75. The molecule has 3 aromatic carbocycles. The number of nitrogens with zero attached hydrogens (tertiary/aromatic N) is 1. The average molecular weight is 461 g/mol. The fourth-order valence-corrected chi connectivity index (χ4v) is 4.97. The number of ether oxygens (including phenoxy) is 1. The zero-order valence-electron chi connectivity index (χ0n) is 18.4. The summed E-state index contributed by atoms with van der Waals surface area (Å²) in [5.74, 6) is 0.305. The van der Waals surface area contributed by atoms with Crippen LogP contribution in [0.2, 0.25) is 0 Å². The number of ketones is 1. The van der Waals surface area contributed by atoms with Crippen LogP contribution < -0.4 is 15.0 Å². The third kappa shape index (κ3) is 5.26. The van der Waals surface area contributed by atoms with E-state index in [1.54, 1.807) is 48.0 Å². The first-order valence-electron chi connectivity index (χ1n) is 10.6. The van der Waals surface area contributed by atoms with Crippen LogP contribution in [-0.4, -0.2) is 31.3 Å². The SMILES string of the molecule is COc1ccc(C2CC(=O)N(CC(=O)Nc3ccc(C(C)=O)cc3)c3ccccc3S2)cc1. The Kier molecular flexibility index (Phi) is 6.79. The van der Waals surface area contributed by atoms with Crippen molar-refractivity contribution in [3.63, 3.8) is 0 Å². The van der Waals surface area contributed by atoms with Gasteiger partial charge in [0.1, 0.15) is 12.3 Å².